The molecule has 0 amide bonds. The lowest BCUT2D eigenvalue weighted by Crippen LogP contribution is -2.23. The Balaban J connectivity index is 2.03. The number of hydrogen-bond donors (Lipinski definition) is 2. The molecule has 20 heavy (non-hydrogen) atoms. The van der Waals surface area contributed by atoms with Gasteiger partial charge in [-0.2, -0.15) is 0 Å². The maximum Gasteiger partial charge on any atom is 0.142 e. The average molecular weight is 320 g/mol. The van der Waals surface area contributed by atoms with Crippen LogP contribution in [-0.2, 0) is 11.3 Å². The molecule has 0 aromatic heterocycles. The monoisotopic (exact) mass is 319 g/mol. The van der Waals surface area contributed by atoms with Gasteiger partial charge in [-0.05, 0) is 25.0 Å². The maximum atomic E-state index is 9.64. The summed E-state index contributed by atoms with van der Waals surface area (Å²) in [6.07, 6.45) is 1.73. The Labute approximate surface area is 129 Å². The van der Waals surface area contributed by atoms with E-state index in [0.717, 1.165) is 5.56 Å². The van der Waals surface area contributed by atoms with Gasteiger partial charge in [0.1, 0.15) is 18.5 Å². The van der Waals surface area contributed by atoms with Crippen LogP contribution in [0.5, 0.6) is 5.75 Å². The lowest BCUT2D eigenvalue weighted by atomic mass is 10.2. The largest absolute Gasteiger partial charge is 0.489 e. The van der Waals surface area contributed by atoms with Crippen molar-refractivity contribution in [2.45, 2.75) is 31.5 Å². The van der Waals surface area contributed by atoms with Crippen LogP contribution < -0.4 is 10.1 Å². The van der Waals surface area contributed by atoms with Gasteiger partial charge in [-0.25, -0.2) is 0 Å². The Morgan fingerprint density at radius 2 is 2.10 bits per heavy atom. The highest BCUT2D eigenvalue weighted by Gasteiger charge is 2.21. The van der Waals surface area contributed by atoms with E-state index >= 15 is 0 Å². The van der Waals surface area contributed by atoms with Gasteiger partial charge in [0.15, 0.2) is 0 Å². The van der Waals surface area contributed by atoms with Gasteiger partial charge in [0.05, 0.1) is 11.6 Å². The molecule has 1 saturated carbocycles. The molecule has 1 atom stereocenters. The summed E-state index contributed by atoms with van der Waals surface area (Å²) in [5.74, 6) is 0.569. The Morgan fingerprint density at radius 3 is 2.75 bits per heavy atom. The molecule has 6 heteroatoms. The van der Waals surface area contributed by atoms with E-state index in [2.05, 4.69) is 5.32 Å². The number of rotatable bonds is 8. The van der Waals surface area contributed by atoms with Crippen molar-refractivity contribution >= 4 is 23.2 Å². The zero-order valence-corrected chi connectivity index (χ0v) is 12.9. The van der Waals surface area contributed by atoms with Crippen LogP contribution >= 0.6 is 23.2 Å². The Hall–Kier alpha value is -0.520. The van der Waals surface area contributed by atoms with Crippen LogP contribution in [0.2, 0.25) is 10.0 Å². The molecule has 0 saturated heterocycles. The molecule has 1 aromatic rings. The molecular weight excluding hydrogens is 301 g/mol. The Morgan fingerprint density at radius 1 is 1.35 bits per heavy atom. The quantitative estimate of drug-likeness (QED) is 0.773. The van der Waals surface area contributed by atoms with Crippen molar-refractivity contribution in [2.24, 2.45) is 0 Å². The second kappa shape index (κ2) is 7.48. The van der Waals surface area contributed by atoms with E-state index in [1.54, 1.807) is 6.07 Å². The van der Waals surface area contributed by atoms with Crippen LogP contribution in [-0.4, -0.2) is 37.6 Å². The van der Waals surface area contributed by atoms with Crippen molar-refractivity contribution in [3.63, 3.8) is 0 Å². The molecule has 1 aliphatic carbocycles. The summed E-state index contributed by atoms with van der Waals surface area (Å²) in [7, 11) is 1.53. The fraction of sp³-hybridized carbons (Fsp3) is 0.571. The molecule has 0 aliphatic heterocycles. The zero-order valence-electron chi connectivity index (χ0n) is 11.4. The summed E-state index contributed by atoms with van der Waals surface area (Å²) in [6.45, 7) is 1.01. The number of ether oxygens (including phenoxy) is 2. The minimum Gasteiger partial charge on any atom is -0.489 e. The van der Waals surface area contributed by atoms with E-state index in [9.17, 15) is 5.11 Å². The molecule has 1 aliphatic rings. The number of hydrogen-bond acceptors (Lipinski definition) is 4. The van der Waals surface area contributed by atoms with Crippen LogP contribution in [0.25, 0.3) is 0 Å². The Bertz CT molecular complexity index is 452. The third-order valence-corrected chi connectivity index (χ3v) is 3.52. The van der Waals surface area contributed by atoms with E-state index < -0.39 is 6.10 Å². The van der Waals surface area contributed by atoms with E-state index in [-0.39, 0.29) is 13.2 Å². The zero-order chi connectivity index (χ0) is 14.5. The van der Waals surface area contributed by atoms with Gasteiger partial charge >= 0.3 is 0 Å². The summed E-state index contributed by atoms with van der Waals surface area (Å²) < 4.78 is 10.5. The second-order valence-electron chi connectivity index (χ2n) is 4.95. The van der Waals surface area contributed by atoms with E-state index in [1.165, 1.54) is 20.0 Å². The predicted molar refractivity (Wildman–Crippen MR) is 79.7 cm³/mol. The summed E-state index contributed by atoms with van der Waals surface area (Å²) in [5, 5.41) is 14.1. The minimum atomic E-state index is -0.684. The molecule has 1 aromatic carbocycles. The minimum absolute atomic E-state index is 0.131. The first-order valence-corrected chi connectivity index (χ1v) is 7.37. The molecule has 2 N–H and O–H groups in total. The Kier molecular flexibility index (Phi) is 5.93. The lowest BCUT2D eigenvalue weighted by molar-refractivity contribution is 0.0323. The van der Waals surface area contributed by atoms with Gasteiger partial charge in [0.25, 0.3) is 0 Å². The summed E-state index contributed by atoms with van der Waals surface area (Å²) in [5.41, 5.74) is 0.902. The van der Waals surface area contributed by atoms with Crippen LogP contribution in [0.3, 0.4) is 0 Å². The summed E-state index contributed by atoms with van der Waals surface area (Å²) in [4.78, 5) is 0. The second-order valence-corrected chi connectivity index (χ2v) is 5.79. The van der Waals surface area contributed by atoms with E-state index in [4.69, 9.17) is 32.7 Å². The van der Waals surface area contributed by atoms with Crippen molar-refractivity contribution in [2.75, 3.05) is 20.3 Å². The molecule has 0 bridgehead atoms. The smallest absolute Gasteiger partial charge is 0.142 e. The fourth-order valence-electron chi connectivity index (χ4n) is 1.87. The van der Waals surface area contributed by atoms with Crippen LogP contribution in [0, 0.1) is 0 Å². The topological polar surface area (TPSA) is 50.7 Å². The molecule has 2 rings (SSSR count). The van der Waals surface area contributed by atoms with Crippen molar-refractivity contribution in [3.05, 3.63) is 27.7 Å². The molecular formula is C14H19Cl2NO3. The van der Waals surface area contributed by atoms with Gasteiger partial charge < -0.3 is 19.9 Å². The first-order valence-electron chi connectivity index (χ1n) is 6.61. The van der Waals surface area contributed by atoms with Crippen LogP contribution in [0.4, 0.5) is 0 Å². The highest BCUT2D eigenvalue weighted by molar-refractivity contribution is 6.35. The first-order chi connectivity index (χ1) is 9.60. The highest BCUT2D eigenvalue weighted by atomic mass is 35.5. The standard InChI is InChI=1S/C14H19Cl2NO3/c1-19-7-12(18)8-20-14-9(6-17-11-2-3-11)4-10(15)5-13(14)16/h4-5,11-12,17-18H,2-3,6-8H2,1H3. The van der Waals surface area contributed by atoms with Gasteiger partial charge in [0, 0.05) is 30.3 Å². The van der Waals surface area contributed by atoms with Gasteiger partial charge in [0.2, 0.25) is 0 Å². The third-order valence-electron chi connectivity index (χ3n) is 3.02. The molecule has 112 valence electrons. The maximum absolute atomic E-state index is 9.64. The molecule has 0 heterocycles. The van der Waals surface area contributed by atoms with Crippen molar-refractivity contribution in [1.29, 1.82) is 0 Å². The predicted octanol–water partition coefficient (Wildman–Crippen LogP) is 2.63. The number of methoxy groups -OCH3 is 1. The van der Waals surface area contributed by atoms with Crippen molar-refractivity contribution in [3.8, 4) is 5.75 Å². The number of nitrogens with one attached hydrogen (secondary N) is 1. The van der Waals surface area contributed by atoms with Crippen molar-refractivity contribution in [1.82, 2.24) is 5.32 Å². The molecule has 0 radical (unpaired) electrons. The number of aliphatic hydroxyl groups is 1. The van der Waals surface area contributed by atoms with E-state index in [1.807, 2.05) is 6.07 Å². The SMILES string of the molecule is COCC(O)COc1c(Cl)cc(Cl)cc1CNC1CC1. The number of halogens is 2. The van der Waals surface area contributed by atoms with Crippen LogP contribution in [0.15, 0.2) is 12.1 Å². The van der Waals surface area contributed by atoms with Crippen LogP contribution in [0.1, 0.15) is 18.4 Å². The number of benzene rings is 1. The lowest BCUT2D eigenvalue weighted by Gasteiger charge is -2.16. The highest BCUT2D eigenvalue weighted by Crippen LogP contribution is 2.33. The van der Waals surface area contributed by atoms with Gasteiger partial charge in [-0.1, -0.05) is 23.2 Å². The fourth-order valence-corrected chi connectivity index (χ4v) is 2.46. The third kappa shape index (κ3) is 4.79. The van der Waals surface area contributed by atoms with Gasteiger partial charge in [-0.15, -0.1) is 0 Å². The summed E-state index contributed by atoms with van der Waals surface area (Å²) >= 11 is 12.2. The van der Waals surface area contributed by atoms with Gasteiger partial charge in [-0.3, -0.25) is 0 Å². The molecule has 4 nitrogen and oxygen atoms in total. The molecule has 1 unspecified atom stereocenters. The normalized spacial score (nSPS) is 16.2. The summed E-state index contributed by atoms with van der Waals surface area (Å²) in [6, 6.07) is 4.06. The molecule has 0 spiro atoms. The van der Waals surface area contributed by atoms with Crippen molar-refractivity contribution < 1.29 is 14.6 Å². The first kappa shape index (κ1) is 15.9. The average Bonchev–Trinajstić information content (AvgIpc) is 3.19. The molecule has 1 fully saturated rings. The number of aliphatic hydroxyl groups excluding tert-OH is 1. The van der Waals surface area contributed by atoms with E-state index in [0.29, 0.717) is 28.4 Å².